The number of carbonyl (C=O) groups is 2. The van der Waals surface area contributed by atoms with Crippen molar-refractivity contribution in [2.24, 2.45) is 0 Å². The second-order valence-electron chi connectivity index (χ2n) is 8.23. The minimum atomic E-state index is -0.574. The number of fused-ring (bicyclic) bond motifs is 3. The Morgan fingerprint density at radius 1 is 0.919 bits per heavy atom. The average Bonchev–Trinajstić information content (AvgIpc) is 3.32. The molecule has 37 heavy (non-hydrogen) atoms. The van der Waals surface area contributed by atoms with E-state index in [1.54, 1.807) is 13.0 Å². The van der Waals surface area contributed by atoms with E-state index in [0.29, 0.717) is 39.5 Å². The highest BCUT2D eigenvalue weighted by atomic mass is 16.5. The number of pyridine rings is 1. The predicted octanol–water partition coefficient (Wildman–Crippen LogP) is 4.47. The van der Waals surface area contributed by atoms with Crippen molar-refractivity contribution in [1.29, 1.82) is 0 Å². The van der Waals surface area contributed by atoms with Crippen LogP contribution < -0.4 is 14.8 Å². The molecule has 0 aliphatic carbocycles. The van der Waals surface area contributed by atoms with Crippen molar-refractivity contribution < 1.29 is 23.8 Å². The van der Waals surface area contributed by atoms with Gasteiger partial charge in [-0.05, 0) is 42.8 Å². The van der Waals surface area contributed by atoms with Crippen LogP contribution in [0.25, 0.3) is 16.4 Å². The van der Waals surface area contributed by atoms with Crippen molar-refractivity contribution in [3.05, 3.63) is 95.9 Å². The SMILES string of the molecule is COC(=O)CNC(=O)c1c(OCc2ccccc2)c2ccc(Oc3ccccc3)cc2c2nc(C)nn12. The smallest absolute Gasteiger partial charge is 0.325 e. The van der Waals surface area contributed by atoms with Crippen LogP contribution in [0.4, 0.5) is 0 Å². The minimum Gasteiger partial charge on any atom is -0.486 e. The molecule has 9 heteroatoms. The highest BCUT2D eigenvalue weighted by molar-refractivity contribution is 6.07. The summed E-state index contributed by atoms with van der Waals surface area (Å²) in [7, 11) is 1.26. The molecular weight excluding hydrogens is 472 g/mol. The maximum absolute atomic E-state index is 13.4. The van der Waals surface area contributed by atoms with Crippen molar-refractivity contribution in [3.63, 3.8) is 0 Å². The molecule has 0 bridgehead atoms. The molecule has 3 aromatic carbocycles. The van der Waals surface area contributed by atoms with E-state index in [-0.39, 0.29) is 18.8 Å². The summed E-state index contributed by atoms with van der Waals surface area (Å²) in [6.45, 7) is 1.66. The molecule has 0 aliphatic rings. The maximum Gasteiger partial charge on any atom is 0.325 e. The van der Waals surface area contributed by atoms with Gasteiger partial charge in [0, 0.05) is 10.8 Å². The molecule has 0 aliphatic heterocycles. The number of para-hydroxylation sites is 1. The Hall–Kier alpha value is -4.92. The zero-order chi connectivity index (χ0) is 25.8. The van der Waals surface area contributed by atoms with E-state index >= 15 is 0 Å². The van der Waals surface area contributed by atoms with Gasteiger partial charge in [0.05, 0.1) is 7.11 Å². The molecule has 0 saturated heterocycles. The summed E-state index contributed by atoms with van der Waals surface area (Å²) in [6, 6.07) is 24.5. The number of nitrogens with one attached hydrogen (secondary N) is 1. The van der Waals surface area contributed by atoms with Crippen LogP contribution in [0.15, 0.2) is 78.9 Å². The number of esters is 1. The second kappa shape index (κ2) is 10.4. The van der Waals surface area contributed by atoms with Gasteiger partial charge < -0.3 is 19.5 Å². The van der Waals surface area contributed by atoms with E-state index in [0.717, 1.165) is 5.56 Å². The Kier molecular flexibility index (Phi) is 6.67. The lowest BCUT2D eigenvalue weighted by molar-refractivity contribution is -0.139. The topological polar surface area (TPSA) is 104 Å². The Balaban J connectivity index is 1.65. The molecule has 5 rings (SSSR count). The van der Waals surface area contributed by atoms with Crippen LogP contribution in [0.1, 0.15) is 21.9 Å². The number of ether oxygens (including phenoxy) is 3. The van der Waals surface area contributed by atoms with Crippen molar-refractivity contribution in [3.8, 4) is 17.2 Å². The van der Waals surface area contributed by atoms with Crippen molar-refractivity contribution in [1.82, 2.24) is 19.9 Å². The summed E-state index contributed by atoms with van der Waals surface area (Å²) in [5, 5.41) is 8.41. The van der Waals surface area contributed by atoms with Gasteiger partial charge in [-0.1, -0.05) is 48.5 Å². The van der Waals surface area contributed by atoms with Gasteiger partial charge >= 0.3 is 5.97 Å². The Labute approximate surface area is 212 Å². The van der Waals surface area contributed by atoms with Gasteiger partial charge in [0.15, 0.2) is 17.1 Å². The van der Waals surface area contributed by atoms with E-state index < -0.39 is 11.9 Å². The molecule has 0 spiro atoms. The lowest BCUT2D eigenvalue weighted by Gasteiger charge is -2.17. The monoisotopic (exact) mass is 496 g/mol. The number of rotatable bonds is 8. The first-order chi connectivity index (χ1) is 18.0. The third-order valence-corrected chi connectivity index (χ3v) is 5.66. The average molecular weight is 497 g/mol. The van der Waals surface area contributed by atoms with Gasteiger partial charge in [-0.2, -0.15) is 5.10 Å². The number of methoxy groups -OCH3 is 1. The minimum absolute atomic E-state index is 0.125. The van der Waals surface area contributed by atoms with Crippen LogP contribution in [0.2, 0.25) is 0 Å². The third-order valence-electron chi connectivity index (χ3n) is 5.66. The van der Waals surface area contributed by atoms with Gasteiger partial charge in [0.1, 0.15) is 30.5 Å². The van der Waals surface area contributed by atoms with E-state index in [1.165, 1.54) is 11.6 Å². The molecule has 1 amide bonds. The zero-order valence-electron chi connectivity index (χ0n) is 20.3. The number of amides is 1. The molecule has 5 aromatic rings. The normalized spacial score (nSPS) is 10.9. The number of aryl methyl sites for hydroxylation is 1. The molecule has 0 fully saturated rings. The van der Waals surface area contributed by atoms with Gasteiger partial charge in [-0.25, -0.2) is 9.50 Å². The van der Waals surface area contributed by atoms with Crippen LogP contribution in [0, 0.1) is 6.92 Å². The van der Waals surface area contributed by atoms with E-state index in [4.69, 9.17) is 9.47 Å². The summed E-state index contributed by atoms with van der Waals surface area (Å²) < 4.78 is 18.4. The third kappa shape index (κ3) is 5.06. The van der Waals surface area contributed by atoms with Crippen LogP contribution >= 0.6 is 0 Å². The van der Waals surface area contributed by atoms with Gasteiger partial charge in [0.25, 0.3) is 5.91 Å². The first-order valence-corrected chi connectivity index (χ1v) is 11.6. The lowest BCUT2D eigenvalue weighted by atomic mass is 10.1. The number of hydrogen-bond acceptors (Lipinski definition) is 7. The van der Waals surface area contributed by atoms with Crippen LogP contribution in [0.3, 0.4) is 0 Å². The van der Waals surface area contributed by atoms with E-state index in [2.05, 4.69) is 20.1 Å². The number of hydrogen-bond donors (Lipinski definition) is 1. The van der Waals surface area contributed by atoms with Gasteiger partial charge in [-0.3, -0.25) is 9.59 Å². The molecule has 186 valence electrons. The summed E-state index contributed by atoms with van der Waals surface area (Å²) in [5.74, 6) is 0.945. The predicted molar refractivity (Wildman–Crippen MR) is 137 cm³/mol. The molecule has 0 atom stereocenters. The summed E-state index contributed by atoms with van der Waals surface area (Å²) >= 11 is 0. The standard InChI is InChI=1S/C28H24N4O5/c1-18-30-27-23-15-21(37-20-11-7-4-8-12-20)13-14-22(23)26(36-17-19-9-5-3-6-10-19)25(32(27)31-18)28(34)29-16-24(33)35-2/h3-15H,16-17H2,1-2H3,(H,29,34). The van der Waals surface area contributed by atoms with Gasteiger partial charge in [-0.15, -0.1) is 0 Å². The summed E-state index contributed by atoms with van der Waals surface area (Å²) in [6.07, 6.45) is 0. The van der Waals surface area contributed by atoms with Crippen molar-refractivity contribution >= 4 is 28.3 Å². The quantitative estimate of drug-likeness (QED) is 0.316. The Morgan fingerprint density at radius 3 is 2.38 bits per heavy atom. The largest absolute Gasteiger partial charge is 0.486 e. The molecule has 1 N–H and O–H groups in total. The van der Waals surface area contributed by atoms with Gasteiger partial charge in [0.2, 0.25) is 0 Å². The fraction of sp³-hybridized carbons (Fsp3) is 0.143. The summed E-state index contributed by atoms with van der Waals surface area (Å²) in [4.78, 5) is 29.6. The molecule has 0 saturated carbocycles. The number of benzene rings is 3. The highest BCUT2D eigenvalue weighted by Gasteiger charge is 2.25. The van der Waals surface area contributed by atoms with Crippen LogP contribution in [0.5, 0.6) is 17.2 Å². The molecule has 0 radical (unpaired) electrons. The molecule has 2 aromatic heterocycles. The number of carbonyl (C=O) groups excluding carboxylic acids is 2. The lowest BCUT2D eigenvalue weighted by Crippen LogP contribution is -2.32. The number of aromatic nitrogens is 3. The molecular formula is C28H24N4O5. The zero-order valence-corrected chi connectivity index (χ0v) is 20.3. The fourth-order valence-corrected chi connectivity index (χ4v) is 3.95. The maximum atomic E-state index is 13.4. The fourth-order valence-electron chi connectivity index (χ4n) is 3.95. The van der Waals surface area contributed by atoms with Crippen molar-refractivity contribution in [2.45, 2.75) is 13.5 Å². The first-order valence-electron chi connectivity index (χ1n) is 11.6. The molecule has 0 unspecified atom stereocenters. The summed E-state index contributed by atoms with van der Waals surface area (Å²) in [5.41, 5.74) is 1.51. The van der Waals surface area contributed by atoms with E-state index in [9.17, 15) is 9.59 Å². The van der Waals surface area contributed by atoms with Crippen LogP contribution in [-0.4, -0.2) is 40.1 Å². The number of nitrogens with zero attached hydrogens (tertiary/aromatic N) is 3. The van der Waals surface area contributed by atoms with Crippen LogP contribution in [-0.2, 0) is 16.1 Å². The first kappa shape index (κ1) is 23.8. The highest BCUT2D eigenvalue weighted by Crippen LogP contribution is 2.36. The van der Waals surface area contributed by atoms with E-state index in [1.807, 2.05) is 72.8 Å². The van der Waals surface area contributed by atoms with Crippen molar-refractivity contribution in [2.75, 3.05) is 13.7 Å². The second-order valence-corrected chi connectivity index (χ2v) is 8.23. The molecule has 9 nitrogen and oxygen atoms in total. The Bertz CT molecular complexity index is 1580. The molecule has 2 heterocycles. The Morgan fingerprint density at radius 2 is 1.65 bits per heavy atom.